The van der Waals surface area contributed by atoms with Crippen LogP contribution in [0.5, 0.6) is 0 Å². The minimum absolute atomic E-state index is 0.336. The minimum Gasteiger partial charge on any atom is -0.479 e. The third-order valence-electron chi connectivity index (χ3n) is 3.25. The summed E-state index contributed by atoms with van der Waals surface area (Å²) in [7, 11) is 0. The zero-order valence-electron chi connectivity index (χ0n) is 9.74. The van der Waals surface area contributed by atoms with Gasteiger partial charge in [0.25, 0.3) is 0 Å². The number of fused-ring (bicyclic) bond motifs is 3. The van der Waals surface area contributed by atoms with E-state index < -0.39 is 24.1 Å². The molecule has 0 saturated heterocycles. The lowest BCUT2D eigenvalue weighted by Gasteiger charge is -2.13. The van der Waals surface area contributed by atoms with Gasteiger partial charge in [-0.2, -0.15) is 0 Å². The largest absolute Gasteiger partial charge is 0.479 e. The first-order chi connectivity index (χ1) is 9.09. The molecule has 1 aliphatic heterocycles. The number of benzene rings is 2. The highest BCUT2D eigenvalue weighted by Crippen LogP contribution is 2.37. The third-order valence-corrected chi connectivity index (χ3v) is 3.25. The Morgan fingerprint density at radius 2 is 1.95 bits per heavy atom. The van der Waals surface area contributed by atoms with E-state index in [0.717, 1.165) is 5.39 Å². The van der Waals surface area contributed by atoms with Crippen LogP contribution in [0.4, 0.5) is 0 Å². The van der Waals surface area contributed by atoms with Crippen LogP contribution < -0.4 is 0 Å². The van der Waals surface area contributed by atoms with Crippen molar-refractivity contribution < 1.29 is 24.5 Å². The fraction of sp³-hybridized carbons (Fsp3) is 0.143. The van der Waals surface area contributed by atoms with E-state index in [9.17, 15) is 14.7 Å². The second kappa shape index (κ2) is 4.07. The summed E-state index contributed by atoms with van der Waals surface area (Å²) in [6.45, 7) is 0. The van der Waals surface area contributed by atoms with Gasteiger partial charge in [0.1, 0.15) is 0 Å². The Morgan fingerprint density at radius 3 is 2.68 bits per heavy atom. The standard InChI is InChI=1S/C14H10O5/c15-11(13(16)17)12-9-6-5-7-3-1-2-4-8(7)10(9)14(18)19-12/h1-6,11-12,15H,(H,16,17)/t11?,12-/m1/s1. The molecule has 0 fully saturated rings. The molecule has 2 aromatic carbocycles. The van der Waals surface area contributed by atoms with Crippen molar-refractivity contribution >= 4 is 22.7 Å². The highest BCUT2D eigenvalue weighted by atomic mass is 16.6. The van der Waals surface area contributed by atoms with Crippen LogP contribution >= 0.6 is 0 Å². The summed E-state index contributed by atoms with van der Waals surface area (Å²) >= 11 is 0. The number of cyclic esters (lactones) is 1. The van der Waals surface area contributed by atoms with Crippen molar-refractivity contribution in [3.8, 4) is 0 Å². The molecule has 3 rings (SSSR count). The van der Waals surface area contributed by atoms with Crippen molar-refractivity contribution in [3.63, 3.8) is 0 Å². The lowest BCUT2D eigenvalue weighted by Crippen LogP contribution is -2.27. The van der Waals surface area contributed by atoms with Gasteiger partial charge in [0.05, 0.1) is 5.56 Å². The molecule has 0 aromatic heterocycles. The lowest BCUT2D eigenvalue weighted by atomic mass is 9.96. The Kier molecular flexibility index (Phi) is 2.50. The number of aliphatic hydroxyl groups is 1. The van der Waals surface area contributed by atoms with E-state index in [4.69, 9.17) is 9.84 Å². The molecule has 2 atom stereocenters. The number of esters is 1. The topological polar surface area (TPSA) is 83.8 Å². The van der Waals surface area contributed by atoms with Crippen LogP contribution in [0.25, 0.3) is 10.8 Å². The number of hydrogen-bond donors (Lipinski definition) is 2. The van der Waals surface area contributed by atoms with Crippen LogP contribution in [-0.4, -0.2) is 28.3 Å². The number of carbonyl (C=O) groups is 2. The molecular weight excluding hydrogens is 248 g/mol. The summed E-state index contributed by atoms with van der Waals surface area (Å²) in [5.74, 6) is -2.02. The van der Waals surface area contributed by atoms with E-state index in [2.05, 4.69) is 0 Å². The molecule has 5 nitrogen and oxygen atoms in total. The van der Waals surface area contributed by atoms with Gasteiger partial charge in [-0.15, -0.1) is 0 Å². The van der Waals surface area contributed by atoms with Crippen molar-refractivity contribution in [2.75, 3.05) is 0 Å². The average Bonchev–Trinajstić information content (AvgIpc) is 2.75. The maximum Gasteiger partial charge on any atom is 0.339 e. The zero-order valence-corrected chi connectivity index (χ0v) is 9.74. The molecule has 1 heterocycles. The van der Waals surface area contributed by atoms with Crippen molar-refractivity contribution in [3.05, 3.63) is 47.5 Å². The normalized spacial score (nSPS) is 19.0. The quantitative estimate of drug-likeness (QED) is 0.797. The summed E-state index contributed by atoms with van der Waals surface area (Å²) < 4.78 is 4.99. The molecule has 0 amide bonds. The number of hydrogen-bond acceptors (Lipinski definition) is 4. The first kappa shape index (κ1) is 11.7. The van der Waals surface area contributed by atoms with Gasteiger partial charge in [0, 0.05) is 5.56 Å². The predicted octanol–water partition coefficient (Wildman–Crippen LogP) is 1.50. The fourth-order valence-electron chi connectivity index (χ4n) is 2.36. The summed E-state index contributed by atoms with van der Waals surface area (Å²) in [4.78, 5) is 22.7. The molecule has 1 unspecified atom stereocenters. The Labute approximate surface area is 108 Å². The number of carbonyl (C=O) groups excluding carboxylic acids is 1. The molecule has 0 saturated carbocycles. The average molecular weight is 258 g/mol. The molecule has 0 radical (unpaired) electrons. The zero-order chi connectivity index (χ0) is 13.6. The smallest absolute Gasteiger partial charge is 0.339 e. The maximum atomic E-state index is 11.9. The number of rotatable bonds is 2. The molecule has 19 heavy (non-hydrogen) atoms. The molecular formula is C14H10O5. The SMILES string of the molecule is O=C1O[C@@H](C(O)C(=O)O)c2ccc3ccccc3c21. The van der Waals surface area contributed by atoms with Gasteiger partial charge in [-0.3, -0.25) is 0 Å². The van der Waals surface area contributed by atoms with Gasteiger partial charge in [-0.25, -0.2) is 9.59 Å². The lowest BCUT2D eigenvalue weighted by molar-refractivity contribution is -0.152. The van der Waals surface area contributed by atoms with Gasteiger partial charge < -0.3 is 14.9 Å². The number of carboxylic acid groups (broad SMARTS) is 1. The molecule has 5 heteroatoms. The van der Waals surface area contributed by atoms with Crippen LogP contribution in [-0.2, 0) is 9.53 Å². The van der Waals surface area contributed by atoms with Crippen molar-refractivity contribution in [2.24, 2.45) is 0 Å². The van der Waals surface area contributed by atoms with Gasteiger partial charge in [0.15, 0.2) is 12.2 Å². The molecule has 1 aliphatic rings. The van der Waals surface area contributed by atoms with E-state index in [0.29, 0.717) is 16.5 Å². The van der Waals surface area contributed by atoms with E-state index >= 15 is 0 Å². The van der Waals surface area contributed by atoms with Gasteiger partial charge in [-0.1, -0.05) is 36.4 Å². The van der Waals surface area contributed by atoms with Crippen LogP contribution in [0.15, 0.2) is 36.4 Å². The van der Waals surface area contributed by atoms with E-state index in [1.165, 1.54) is 0 Å². The van der Waals surface area contributed by atoms with Crippen molar-refractivity contribution in [2.45, 2.75) is 12.2 Å². The van der Waals surface area contributed by atoms with E-state index in [1.54, 1.807) is 24.3 Å². The van der Waals surface area contributed by atoms with Crippen LogP contribution in [0.2, 0.25) is 0 Å². The van der Waals surface area contributed by atoms with Gasteiger partial charge in [0.2, 0.25) is 0 Å². The Balaban J connectivity index is 2.21. The highest BCUT2D eigenvalue weighted by molar-refractivity contribution is 6.08. The van der Waals surface area contributed by atoms with Crippen molar-refractivity contribution in [1.29, 1.82) is 0 Å². The molecule has 0 bridgehead atoms. The minimum atomic E-state index is -1.76. The Morgan fingerprint density at radius 1 is 1.21 bits per heavy atom. The number of aliphatic carboxylic acids is 1. The number of carboxylic acids is 1. The van der Waals surface area contributed by atoms with Crippen LogP contribution in [0.3, 0.4) is 0 Å². The first-order valence-corrected chi connectivity index (χ1v) is 5.73. The van der Waals surface area contributed by atoms with E-state index in [-0.39, 0.29) is 0 Å². The predicted molar refractivity (Wildman–Crippen MR) is 65.7 cm³/mol. The highest BCUT2D eigenvalue weighted by Gasteiger charge is 2.40. The second-order valence-electron chi connectivity index (χ2n) is 4.36. The summed E-state index contributed by atoms with van der Waals surface area (Å²) in [6.07, 6.45) is -2.91. The summed E-state index contributed by atoms with van der Waals surface area (Å²) in [5, 5.41) is 20.0. The van der Waals surface area contributed by atoms with Gasteiger partial charge >= 0.3 is 11.9 Å². The van der Waals surface area contributed by atoms with Crippen molar-refractivity contribution in [1.82, 2.24) is 0 Å². The third kappa shape index (κ3) is 1.67. The maximum absolute atomic E-state index is 11.9. The van der Waals surface area contributed by atoms with Gasteiger partial charge in [-0.05, 0) is 10.8 Å². The monoisotopic (exact) mass is 258 g/mol. The molecule has 2 aromatic rings. The summed E-state index contributed by atoms with van der Waals surface area (Å²) in [5.41, 5.74) is 0.752. The molecule has 96 valence electrons. The van der Waals surface area contributed by atoms with Crippen LogP contribution in [0.1, 0.15) is 22.0 Å². The Bertz CT molecular complexity index is 691. The fourth-order valence-corrected chi connectivity index (χ4v) is 2.36. The second-order valence-corrected chi connectivity index (χ2v) is 4.36. The number of ether oxygens (including phenoxy) is 1. The molecule has 0 spiro atoms. The van der Waals surface area contributed by atoms with Crippen LogP contribution in [0, 0.1) is 0 Å². The number of aliphatic hydroxyl groups excluding tert-OH is 1. The summed E-state index contributed by atoms with van der Waals surface area (Å²) in [6, 6.07) is 10.7. The van der Waals surface area contributed by atoms with E-state index in [1.807, 2.05) is 12.1 Å². The molecule has 0 aliphatic carbocycles. The molecule has 2 N–H and O–H groups in total. The Hall–Kier alpha value is -2.40. The first-order valence-electron chi connectivity index (χ1n) is 5.73.